The summed E-state index contributed by atoms with van der Waals surface area (Å²) in [6, 6.07) is 0. The van der Waals surface area contributed by atoms with Crippen LogP contribution in [0.1, 0.15) is 31.2 Å². The molecule has 2 nitrogen and oxygen atoms in total. The van der Waals surface area contributed by atoms with Gasteiger partial charge in [0, 0.05) is 5.56 Å². The lowest BCUT2D eigenvalue weighted by Gasteiger charge is -2.28. The van der Waals surface area contributed by atoms with Crippen molar-refractivity contribution in [3.8, 4) is 0 Å². The molecular formula is C12H16F2N2. The molecule has 1 aromatic rings. The van der Waals surface area contributed by atoms with E-state index in [9.17, 15) is 8.78 Å². The minimum absolute atomic E-state index is 0.0786. The molecule has 1 aromatic heterocycles. The molecule has 4 heteroatoms. The third-order valence-electron chi connectivity index (χ3n) is 3.44. The van der Waals surface area contributed by atoms with Gasteiger partial charge in [0.2, 0.25) is 0 Å². The molecule has 88 valence electrons. The monoisotopic (exact) mass is 226 g/mol. The Morgan fingerprint density at radius 1 is 1.25 bits per heavy atom. The van der Waals surface area contributed by atoms with Crippen molar-refractivity contribution in [2.24, 2.45) is 5.92 Å². The maximum atomic E-state index is 13.5. The topological polar surface area (TPSA) is 24.9 Å². The smallest absolute Gasteiger partial charge is 0.147 e. The number of piperidine rings is 1. The first-order valence-electron chi connectivity index (χ1n) is 5.69. The molecule has 1 unspecified atom stereocenters. The van der Waals surface area contributed by atoms with Crippen LogP contribution in [0.25, 0.3) is 0 Å². The quantitative estimate of drug-likeness (QED) is 0.838. The highest BCUT2D eigenvalue weighted by Crippen LogP contribution is 2.33. The highest BCUT2D eigenvalue weighted by atomic mass is 19.1. The van der Waals surface area contributed by atoms with E-state index in [1.54, 1.807) is 0 Å². The average Bonchev–Trinajstić information content (AvgIpc) is 2.30. The fraction of sp³-hybridized carbons (Fsp3) is 0.583. The van der Waals surface area contributed by atoms with Gasteiger partial charge in [0.25, 0.3) is 0 Å². The van der Waals surface area contributed by atoms with E-state index in [1.165, 1.54) is 0 Å². The van der Waals surface area contributed by atoms with Gasteiger partial charge in [-0.25, -0.2) is 8.78 Å². The lowest BCUT2D eigenvalue weighted by atomic mass is 9.81. The van der Waals surface area contributed by atoms with Crippen LogP contribution in [0.4, 0.5) is 8.78 Å². The molecule has 1 aliphatic rings. The van der Waals surface area contributed by atoms with E-state index in [4.69, 9.17) is 0 Å². The first-order chi connectivity index (χ1) is 7.70. The zero-order valence-electron chi connectivity index (χ0n) is 9.34. The van der Waals surface area contributed by atoms with Gasteiger partial charge in [0.15, 0.2) is 0 Å². The zero-order chi connectivity index (χ0) is 11.5. The molecule has 1 N–H and O–H groups in total. The fourth-order valence-corrected chi connectivity index (χ4v) is 2.44. The summed E-state index contributed by atoms with van der Waals surface area (Å²) < 4.78 is 27.1. The molecule has 1 aliphatic heterocycles. The van der Waals surface area contributed by atoms with E-state index in [1.807, 2.05) is 6.92 Å². The Labute approximate surface area is 94.1 Å². The van der Waals surface area contributed by atoms with Gasteiger partial charge in [0.05, 0.1) is 12.4 Å². The SMILES string of the molecule is CC(c1c(F)cncc1F)C1CCNCC1. The Kier molecular flexibility index (Phi) is 3.49. The summed E-state index contributed by atoms with van der Waals surface area (Å²) in [5.74, 6) is -0.769. The summed E-state index contributed by atoms with van der Waals surface area (Å²) in [5.41, 5.74) is 0.196. The van der Waals surface area contributed by atoms with Gasteiger partial charge in [-0.1, -0.05) is 6.92 Å². The lowest BCUT2D eigenvalue weighted by molar-refractivity contribution is 0.318. The van der Waals surface area contributed by atoms with Crippen LogP contribution < -0.4 is 5.32 Å². The summed E-state index contributed by atoms with van der Waals surface area (Å²) in [7, 11) is 0. The summed E-state index contributed by atoms with van der Waals surface area (Å²) in [6.45, 7) is 3.77. The Bertz CT molecular complexity index is 342. The van der Waals surface area contributed by atoms with E-state index < -0.39 is 11.6 Å². The van der Waals surface area contributed by atoms with Gasteiger partial charge >= 0.3 is 0 Å². The van der Waals surface area contributed by atoms with Crippen LogP contribution in [-0.2, 0) is 0 Å². The van der Waals surface area contributed by atoms with Crippen molar-refractivity contribution in [1.82, 2.24) is 10.3 Å². The molecule has 0 radical (unpaired) electrons. The molecule has 0 amide bonds. The third kappa shape index (κ3) is 2.21. The van der Waals surface area contributed by atoms with Gasteiger partial charge in [-0.05, 0) is 37.8 Å². The second kappa shape index (κ2) is 4.87. The molecule has 1 saturated heterocycles. The largest absolute Gasteiger partial charge is 0.317 e. The minimum Gasteiger partial charge on any atom is -0.317 e. The number of pyridine rings is 1. The molecule has 2 rings (SSSR count). The summed E-state index contributed by atoms with van der Waals surface area (Å²) in [6.07, 6.45) is 4.14. The number of hydrogen-bond donors (Lipinski definition) is 1. The predicted molar refractivity (Wildman–Crippen MR) is 58.2 cm³/mol. The lowest BCUT2D eigenvalue weighted by Crippen LogP contribution is -2.30. The maximum absolute atomic E-state index is 13.5. The third-order valence-corrected chi connectivity index (χ3v) is 3.44. The van der Waals surface area contributed by atoms with Gasteiger partial charge < -0.3 is 5.32 Å². The fourth-order valence-electron chi connectivity index (χ4n) is 2.44. The Hall–Kier alpha value is -1.03. The van der Waals surface area contributed by atoms with Crippen LogP contribution in [0, 0.1) is 17.6 Å². The number of rotatable bonds is 2. The molecule has 1 atom stereocenters. The second-order valence-corrected chi connectivity index (χ2v) is 4.39. The Morgan fingerprint density at radius 2 is 1.81 bits per heavy atom. The summed E-state index contributed by atoms with van der Waals surface area (Å²) in [5, 5.41) is 3.25. The number of nitrogens with one attached hydrogen (secondary N) is 1. The first-order valence-corrected chi connectivity index (χ1v) is 5.69. The maximum Gasteiger partial charge on any atom is 0.147 e. The molecule has 0 aromatic carbocycles. The van der Waals surface area contributed by atoms with Crippen LogP contribution >= 0.6 is 0 Å². The van der Waals surface area contributed by atoms with Gasteiger partial charge in [-0.3, -0.25) is 4.98 Å². The van der Waals surface area contributed by atoms with E-state index in [-0.39, 0.29) is 11.5 Å². The summed E-state index contributed by atoms with van der Waals surface area (Å²) >= 11 is 0. The van der Waals surface area contributed by atoms with Crippen molar-refractivity contribution in [1.29, 1.82) is 0 Å². The second-order valence-electron chi connectivity index (χ2n) is 4.39. The highest BCUT2D eigenvalue weighted by molar-refractivity contribution is 5.20. The zero-order valence-corrected chi connectivity index (χ0v) is 9.34. The molecular weight excluding hydrogens is 210 g/mol. The Balaban J connectivity index is 2.22. The molecule has 0 saturated carbocycles. The number of halogens is 2. The van der Waals surface area contributed by atoms with Gasteiger partial charge in [-0.15, -0.1) is 0 Å². The number of hydrogen-bond acceptors (Lipinski definition) is 2. The van der Waals surface area contributed by atoms with Crippen molar-refractivity contribution in [2.45, 2.75) is 25.7 Å². The molecule has 1 fully saturated rings. The standard InChI is InChI=1S/C12H16F2N2/c1-8(9-2-4-15-5-3-9)12-10(13)6-16-7-11(12)14/h6-9,15H,2-5H2,1H3. The Morgan fingerprint density at radius 3 is 2.38 bits per heavy atom. The van der Waals surface area contributed by atoms with Crippen LogP contribution in [0.3, 0.4) is 0 Å². The van der Waals surface area contributed by atoms with Crippen LogP contribution in [0.15, 0.2) is 12.4 Å². The molecule has 16 heavy (non-hydrogen) atoms. The van der Waals surface area contributed by atoms with Crippen molar-refractivity contribution >= 4 is 0 Å². The normalized spacial score (nSPS) is 19.7. The molecule has 0 spiro atoms. The van der Waals surface area contributed by atoms with Gasteiger partial charge in [-0.2, -0.15) is 0 Å². The predicted octanol–water partition coefficient (Wildman–Crippen LogP) is 2.46. The molecule has 2 heterocycles. The molecule has 0 bridgehead atoms. The first kappa shape index (κ1) is 11.5. The van der Waals surface area contributed by atoms with Crippen molar-refractivity contribution < 1.29 is 8.78 Å². The van der Waals surface area contributed by atoms with E-state index >= 15 is 0 Å². The van der Waals surface area contributed by atoms with E-state index in [0.29, 0.717) is 5.92 Å². The van der Waals surface area contributed by atoms with Crippen LogP contribution in [0.2, 0.25) is 0 Å². The van der Waals surface area contributed by atoms with Crippen molar-refractivity contribution in [3.63, 3.8) is 0 Å². The number of nitrogens with zero attached hydrogens (tertiary/aromatic N) is 1. The van der Waals surface area contributed by atoms with Crippen molar-refractivity contribution in [3.05, 3.63) is 29.6 Å². The minimum atomic E-state index is -0.522. The molecule has 0 aliphatic carbocycles. The number of aromatic nitrogens is 1. The van der Waals surface area contributed by atoms with Crippen molar-refractivity contribution in [2.75, 3.05) is 13.1 Å². The van der Waals surface area contributed by atoms with Crippen LogP contribution in [0.5, 0.6) is 0 Å². The van der Waals surface area contributed by atoms with E-state index in [2.05, 4.69) is 10.3 Å². The average molecular weight is 226 g/mol. The highest BCUT2D eigenvalue weighted by Gasteiger charge is 2.25. The van der Waals surface area contributed by atoms with Crippen LogP contribution in [-0.4, -0.2) is 18.1 Å². The summed E-state index contributed by atoms with van der Waals surface area (Å²) in [4.78, 5) is 3.51. The van der Waals surface area contributed by atoms with E-state index in [0.717, 1.165) is 38.3 Å². The van der Waals surface area contributed by atoms with Gasteiger partial charge in [0.1, 0.15) is 11.6 Å².